The minimum absolute atomic E-state index is 0.0146. The first-order valence-corrected chi connectivity index (χ1v) is 29.2. The predicted molar refractivity (Wildman–Crippen MR) is 311 cm³/mol. The van der Waals surface area contributed by atoms with Crippen LogP contribution in [0.25, 0.3) is 0 Å². The Kier molecular flexibility index (Phi) is 17.6. The van der Waals surface area contributed by atoms with Gasteiger partial charge in [-0.15, -0.1) is 0 Å². The average molecular weight is 1130 g/mol. The summed E-state index contributed by atoms with van der Waals surface area (Å²) in [6.45, 7) is 9.88. The number of aliphatic hydroxyl groups is 1. The highest BCUT2D eigenvalue weighted by Crippen LogP contribution is 2.45. The summed E-state index contributed by atoms with van der Waals surface area (Å²) in [6.07, 6.45) is 5.91. The maximum Gasteiger partial charge on any atom is 0.260 e. The van der Waals surface area contributed by atoms with Crippen LogP contribution in [0.4, 0.5) is 22.7 Å². The van der Waals surface area contributed by atoms with Crippen LogP contribution in [-0.2, 0) is 32.0 Å². The van der Waals surface area contributed by atoms with Crippen molar-refractivity contribution in [3.8, 4) is 23.0 Å². The summed E-state index contributed by atoms with van der Waals surface area (Å²) in [5.41, 5.74) is 12.0. The number of anilines is 4. The third kappa shape index (κ3) is 13.0. The summed E-state index contributed by atoms with van der Waals surface area (Å²) >= 11 is 0. The highest BCUT2D eigenvalue weighted by molar-refractivity contribution is 8.77. The van der Waals surface area contributed by atoms with Gasteiger partial charge in [0.15, 0.2) is 23.0 Å². The summed E-state index contributed by atoms with van der Waals surface area (Å²) in [7, 11) is 6.29. The van der Waals surface area contributed by atoms with Gasteiger partial charge < -0.3 is 66.2 Å². The van der Waals surface area contributed by atoms with Crippen LogP contribution in [0.2, 0.25) is 0 Å². The van der Waals surface area contributed by atoms with E-state index < -0.39 is 36.2 Å². The predicted octanol–water partition coefficient (Wildman–Crippen LogP) is 7.02. The fourth-order valence-corrected chi connectivity index (χ4v) is 13.2. The number of allylic oxidation sites excluding steroid dienone is 1. The first-order valence-electron chi connectivity index (χ1n) is 26.9. The molecular weight excluding hydrogens is 1060 g/mol. The molecule has 0 radical (unpaired) electrons. The van der Waals surface area contributed by atoms with Crippen molar-refractivity contribution in [2.45, 2.75) is 120 Å². The molecule has 19 nitrogen and oxygen atoms in total. The minimum atomic E-state index is -1.08. The topological polar surface area (TPSA) is 252 Å². The third-order valence-corrected chi connectivity index (χ3v) is 18.9. The second-order valence-corrected chi connectivity index (χ2v) is 24.9. The Morgan fingerprint density at radius 2 is 1.41 bits per heavy atom. The summed E-state index contributed by atoms with van der Waals surface area (Å²) in [6, 6.07) is 19.7. The van der Waals surface area contributed by atoms with Gasteiger partial charge in [-0.25, -0.2) is 0 Å². The van der Waals surface area contributed by atoms with Crippen LogP contribution in [0.5, 0.6) is 23.0 Å². The number of amides is 6. The van der Waals surface area contributed by atoms with Crippen LogP contribution in [0.15, 0.2) is 96.2 Å². The van der Waals surface area contributed by atoms with Crippen molar-refractivity contribution >= 4 is 79.8 Å². The summed E-state index contributed by atoms with van der Waals surface area (Å²) in [5, 5.41) is 26.7. The number of benzene rings is 4. The number of primary amides is 1. The lowest BCUT2D eigenvalue weighted by Gasteiger charge is -2.26. The molecular formula is C59H70N8O11S2. The summed E-state index contributed by atoms with van der Waals surface area (Å²) < 4.78 is 24.3. The van der Waals surface area contributed by atoms with Gasteiger partial charge in [0.2, 0.25) is 23.6 Å². The molecule has 4 aromatic rings. The molecule has 1 aliphatic carbocycles. The molecule has 6 amide bonds. The zero-order chi connectivity index (χ0) is 57.0. The van der Waals surface area contributed by atoms with E-state index in [0.717, 1.165) is 34.5 Å². The van der Waals surface area contributed by atoms with Crippen LogP contribution < -0.4 is 61.1 Å². The molecule has 0 aromatic heterocycles. The smallest absolute Gasteiger partial charge is 0.260 e. The molecule has 0 saturated carbocycles. The maximum atomic E-state index is 14.2. The molecule has 21 heteroatoms. The highest BCUT2D eigenvalue weighted by atomic mass is 33.1. The van der Waals surface area contributed by atoms with Gasteiger partial charge in [0.05, 0.1) is 55.4 Å². The molecule has 7 atom stereocenters. The standard InChI is InChI=1S/C59H70N8O11S2/c1-32(16-17-52(60)68)79-80-59(4,5)19-18-53(69)62-33(2)54(70)63-34(3)55(71)64-39-21-35(30-77-50-27-43-41(25-48(50)75-6)57(73)66-40(29-61-43)23-37-12-8-10-14-45(37)66)20-36(22-39)31-78-51-28-44-42(26-49(51)76-7)58(74)67-46-15-11-9-13-38(46)24-47(67)56(72)65-44/h8-15,21-22,25-28,32-35,40,47,56,61,65,72H,16-20,23-24,29-31H2,1-7H3,(H2,60,68)(H,62,69)(H,63,70)(H,64,71)/t32?,33-,34-,35?,40-,47-,56?/m0/s1. The van der Waals surface area contributed by atoms with Crippen LogP contribution in [0, 0.1) is 5.92 Å². The van der Waals surface area contributed by atoms with Gasteiger partial charge in [0, 0.05) is 64.5 Å². The quantitative estimate of drug-likeness (QED) is 0.0391. The van der Waals surface area contributed by atoms with E-state index in [9.17, 15) is 33.9 Å². The zero-order valence-corrected chi connectivity index (χ0v) is 47.6. The Morgan fingerprint density at radius 3 is 2.11 bits per heavy atom. The van der Waals surface area contributed by atoms with Crippen molar-refractivity contribution in [2.75, 3.05) is 54.4 Å². The number of rotatable bonds is 22. The second-order valence-electron chi connectivity index (χ2n) is 21.6. The number of ether oxygens (including phenoxy) is 4. The average Bonchev–Trinajstić information content (AvgIpc) is 4.14. The number of carbonyl (C=O) groups is 6. The molecule has 0 spiro atoms. The van der Waals surface area contributed by atoms with Gasteiger partial charge in [0.25, 0.3) is 11.8 Å². The van der Waals surface area contributed by atoms with Crippen LogP contribution >= 0.6 is 21.6 Å². The number of nitrogens with one attached hydrogen (secondary N) is 5. The molecule has 80 heavy (non-hydrogen) atoms. The molecule has 424 valence electrons. The van der Waals surface area contributed by atoms with Crippen molar-refractivity contribution in [3.05, 3.63) is 118 Å². The number of nitrogens with zero attached hydrogens (tertiary/aromatic N) is 2. The molecule has 4 heterocycles. The molecule has 0 saturated heterocycles. The lowest BCUT2D eigenvalue weighted by atomic mass is 9.93. The number of fused-ring (bicyclic) bond motifs is 8. The van der Waals surface area contributed by atoms with Crippen molar-refractivity contribution in [3.63, 3.8) is 0 Å². The van der Waals surface area contributed by atoms with Gasteiger partial charge in [-0.2, -0.15) is 0 Å². The normalized spacial score (nSPS) is 19.9. The fraction of sp³-hybridized carbons (Fsp3) is 0.424. The molecule has 9 rings (SSSR count). The molecule has 3 unspecified atom stereocenters. The molecule has 8 N–H and O–H groups in total. The van der Waals surface area contributed by atoms with E-state index in [4.69, 9.17) is 24.7 Å². The monoisotopic (exact) mass is 1130 g/mol. The van der Waals surface area contributed by atoms with Gasteiger partial charge in [-0.3, -0.25) is 28.8 Å². The van der Waals surface area contributed by atoms with Crippen molar-refractivity contribution in [1.82, 2.24) is 16.0 Å². The molecule has 0 fully saturated rings. The number of hydrogen-bond acceptors (Lipinski definition) is 15. The number of para-hydroxylation sites is 2. The lowest BCUT2D eigenvalue weighted by Crippen LogP contribution is -2.51. The maximum absolute atomic E-state index is 14.2. The second kappa shape index (κ2) is 24.6. The first kappa shape index (κ1) is 57.3. The van der Waals surface area contributed by atoms with E-state index >= 15 is 0 Å². The van der Waals surface area contributed by atoms with E-state index in [1.165, 1.54) is 14.2 Å². The largest absolute Gasteiger partial charge is 0.493 e. The van der Waals surface area contributed by atoms with Gasteiger partial charge in [0.1, 0.15) is 24.9 Å². The summed E-state index contributed by atoms with van der Waals surface area (Å²) in [5.74, 6) is -1.09. The number of nitrogens with two attached hydrogens (primary N) is 1. The molecule has 4 aromatic carbocycles. The van der Waals surface area contributed by atoms with E-state index in [2.05, 4.69) is 26.6 Å². The van der Waals surface area contributed by atoms with E-state index in [1.54, 1.807) is 70.7 Å². The minimum Gasteiger partial charge on any atom is -0.493 e. The SMILES string of the molecule is COc1cc2c(cc1OCC1=CC(NC(=O)[C@H](C)NC(=O)[C@H](C)NC(=O)CCC(C)(C)SSC(C)CCC(N)=O)=CC(COc3cc4c(cc3OC)C(=O)N3c5ccccc5C[C@H]3CN4)C1)NC(O)[C@@H]1Cc3ccccc3N1C2=O. The molecule has 4 aliphatic heterocycles. The van der Waals surface area contributed by atoms with E-state index in [-0.39, 0.29) is 65.2 Å². The summed E-state index contributed by atoms with van der Waals surface area (Å²) in [4.78, 5) is 83.4. The highest BCUT2D eigenvalue weighted by Gasteiger charge is 2.43. The number of hydrogen-bond donors (Lipinski definition) is 7. The van der Waals surface area contributed by atoms with E-state index in [0.29, 0.717) is 89.8 Å². The van der Waals surface area contributed by atoms with Crippen LogP contribution in [0.1, 0.15) is 98.6 Å². The fourth-order valence-electron chi connectivity index (χ4n) is 10.6. The van der Waals surface area contributed by atoms with Crippen molar-refractivity contribution < 1.29 is 52.8 Å². The van der Waals surface area contributed by atoms with Gasteiger partial charge in [-0.1, -0.05) is 71.0 Å². The molecule has 5 aliphatic rings. The Bertz CT molecular complexity index is 3130. The van der Waals surface area contributed by atoms with Crippen LogP contribution in [0.3, 0.4) is 0 Å². The number of methoxy groups -OCH3 is 2. The number of aliphatic hydroxyl groups excluding tert-OH is 1. The Morgan fingerprint density at radius 1 is 0.787 bits per heavy atom. The third-order valence-electron chi connectivity index (χ3n) is 14.9. The zero-order valence-electron chi connectivity index (χ0n) is 46.0. The lowest BCUT2D eigenvalue weighted by molar-refractivity contribution is -0.131. The number of carbonyl (C=O) groups excluding carboxylic acids is 6. The van der Waals surface area contributed by atoms with Gasteiger partial charge >= 0.3 is 0 Å². The van der Waals surface area contributed by atoms with Gasteiger partial charge in [-0.05, 0) is 107 Å². The van der Waals surface area contributed by atoms with Crippen LogP contribution in [-0.4, -0.2) is 115 Å². The van der Waals surface area contributed by atoms with E-state index in [1.807, 2.05) is 80.3 Å². The first-order chi connectivity index (χ1) is 38.3. The Labute approximate surface area is 473 Å². The molecule has 0 bridgehead atoms. The Balaban J connectivity index is 0.885. The Hall–Kier alpha value is -7.36. The van der Waals surface area contributed by atoms with Crippen molar-refractivity contribution in [1.29, 1.82) is 0 Å². The van der Waals surface area contributed by atoms with Crippen molar-refractivity contribution in [2.24, 2.45) is 11.7 Å².